The van der Waals surface area contributed by atoms with Crippen LogP contribution in [0.3, 0.4) is 0 Å². The van der Waals surface area contributed by atoms with E-state index in [1.165, 1.54) is 10.9 Å². The minimum Gasteiger partial charge on any atom is -0.352 e. The second kappa shape index (κ2) is 8.99. The maximum atomic E-state index is 12.8. The Morgan fingerprint density at radius 3 is 2.70 bits per heavy atom. The zero-order valence-electron chi connectivity index (χ0n) is 16.5. The summed E-state index contributed by atoms with van der Waals surface area (Å²) in [7, 11) is 0. The molecule has 1 aliphatic heterocycles. The molecule has 30 heavy (non-hydrogen) atoms. The second-order valence-electron chi connectivity index (χ2n) is 7.75. The fourth-order valence-electron chi connectivity index (χ4n) is 4.07. The number of para-hydroxylation sites is 1. The fourth-order valence-corrected chi connectivity index (χ4v) is 4.57. The Labute approximate surface area is 183 Å². The maximum absolute atomic E-state index is 12.8. The van der Waals surface area contributed by atoms with Gasteiger partial charge in [-0.1, -0.05) is 25.0 Å². The first-order chi connectivity index (χ1) is 14.5. The third-order valence-electron chi connectivity index (χ3n) is 5.59. The van der Waals surface area contributed by atoms with Crippen LogP contribution in [-0.2, 0) is 20.9 Å². The van der Waals surface area contributed by atoms with E-state index < -0.39 is 5.92 Å². The molecule has 0 spiro atoms. The first kappa shape index (κ1) is 20.6. The van der Waals surface area contributed by atoms with Gasteiger partial charge in [0.1, 0.15) is 12.5 Å². The Bertz CT molecular complexity index is 954. The van der Waals surface area contributed by atoms with Crippen LogP contribution in [0.5, 0.6) is 0 Å². The first-order valence-corrected chi connectivity index (χ1v) is 11.0. The highest BCUT2D eigenvalue weighted by Crippen LogP contribution is 2.31. The molecule has 8 nitrogen and oxygen atoms in total. The summed E-state index contributed by atoms with van der Waals surface area (Å²) in [5.74, 6) is -1.41. The normalized spacial score (nSPS) is 19.3. The van der Waals surface area contributed by atoms with Gasteiger partial charge in [-0.25, -0.2) is 0 Å². The monoisotopic (exact) mass is 473 g/mol. The van der Waals surface area contributed by atoms with E-state index in [1.54, 1.807) is 11.1 Å². The lowest BCUT2D eigenvalue weighted by Crippen LogP contribution is -2.35. The van der Waals surface area contributed by atoms with Crippen molar-refractivity contribution in [2.24, 2.45) is 5.92 Å². The molecule has 1 aromatic carbocycles. The molecular weight excluding hydrogens is 450 g/mol. The zero-order chi connectivity index (χ0) is 21.1. The molecule has 1 saturated heterocycles. The highest BCUT2D eigenvalue weighted by Gasteiger charge is 2.38. The molecule has 2 aliphatic rings. The number of carbonyl (C=O) groups excluding carboxylic acids is 3. The van der Waals surface area contributed by atoms with Gasteiger partial charge in [-0.05, 0) is 47.3 Å². The van der Waals surface area contributed by atoms with Gasteiger partial charge in [0.15, 0.2) is 0 Å². The Kier molecular flexibility index (Phi) is 6.17. The number of carbonyl (C=O) groups is 3. The van der Waals surface area contributed by atoms with Crippen LogP contribution >= 0.6 is 15.9 Å². The molecule has 0 radical (unpaired) electrons. The number of nitrogens with one attached hydrogen (secondary N) is 2. The van der Waals surface area contributed by atoms with E-state index in [2.05, 4.69) is 31.7 Å². The summed E-state index contributed by atoms with van der Waals surface area (Å²) < 4.78 is 2.31. The Morgan fingerprint density at radius 1 is 1.17 bits per heavy atom. The number of anilines is 2. The van der Waals surface area contributed by atoms with Crippen molar-refractivity contribution >= 4 is 45.0 Å². The number of benzene rings is 1. The second-order valence-corrected chi connectivity index (χ2v) is 8.60. The van der Waals surface area contributed by atoms with Crippen LogP contribution in [0.2, 0.25) is 0 Å². The molecular formula is C21H24BrN5O3. The average molecular weight is 474 g/mol. The first-order valence-electron chi connectivity index (χ1n) is 10.2. The summed E-state index contributed by atoms with van der Waals surface area (Å²) in [6.07, 6.45) is 7.91. The largest absolute Gasteiger partial charge is 0.352 e. The van der Waals surface area contributed by atoms with Gasteiger partial charge in [0, 0.05) is 23.3 Å². The van der Waals surface area contributed by atoms with Crippen molar-refractivity contribution in [2.45, 2.75) is 44.7 Å². The lowest BCUT2D eigenvalue weighted by atomic mass is 10.1. The predicted octanol–water partition coefficient (Wildman–Crippen LogP) is 2.70. The molecule has 4 rings (SSSR count). The summed E-state index contributed by atoms with van der Waals surface area (Å²) in [6.45, 7) is 0.588. The molecule has 9 heteroatoms. The summed E-state index contributed by atoms with van der Waals surface area (Å²) in [5, 5.41) is 9.91. The van der Waals surface area contributed by atoms with E-state index in [-0.39, 0.29) is 30.3 Å². The molecule has 1 aliphatic carbocycles. The Balaban J connectivity index is 1.32. The number of aromatic nitrogens is 2. The number of hydrogen-bond acceptors (Lipinski definition) is 4. The molecule has 2 aromatic rings. The number of rotatable bonds is 6. The summed E-state index contributed by atoms with van der Waals surface area (Å²) in [4.78, 5) is 39.2. The van der Waals surface area contributed by atoms with Crippen LogP contribution in [0.15, 0.2) is 41.1 Å². The molecule has 1 saturated carbocycles. The minimum absolute atomic E-state index is 0.0853. The van der Waals surface area contributed by atoms with Crippen LogP contribution in [-0.4, -0.2) is 40.1 Å². The van der Waals surface area contributed by atoms with E-state index in [4.69, 9.17) is 0 Å². The quantitative estimate of drug-likeness (QED) is 0.630. The van der Waals surface area contributed by atoms with Crippen molar-refractivity contribution in [1.29, 1.82) is 0 Å². The van der Waals surface area contributed by atoms with E-state index in [1.807, 2.05) is 24.3 Å². The molecule has 158 valence electrons. The zero-order valence-corrected chi connectivity index (χ0v) is 18.1. The van der Waals surface area contributed by atoms with Gasteiger partial charge in [-0.2, -0.15) is 5.10 Å². The van der Waals surface area contributed by atoms with Gasteiger partial charge < -0.3 is 15.5 Å². The fraction of sp³-hybridized carbons (Fsp3) is 0.429. The van der Waals surface area contributed by atoms with Crippen molar-refractivity contribution in [3.8, 4) is 0 Å². The van der Waals surface area contributed by atoms with Gasteiger partial charge in [-0.3, -0.25) is 19.1 Å². The van der Waals surface area contributed by atoms with Crippen molar-refractivity contribution in [3.63, 3.8) is 0 Å². The summed E-state index contributed by atoms with van der Waals surface area (Å²) in [5.41, 5.74) is 1.24. The Hall–Kier alpha value is -2.68. The summed E-state index contributed by atoms with van der Waals surface area (Å²) in [6, 6.07) is 7.71. The van der Waals surface area contributed by atoms with Gasteiger partial charge in [-0.15, -0.1) is 0 Å². The van der Waals surface area contributed by atoms with Gasteiger partial charge in [0.05, 0.1) is 17.6 Å². The lowest BCUT2D eigenvalue weighted by molar-refractivity contribution is -0.129. The number of amides is 3. The molecule has 0 bridgehead atoms. The molecule has 1 unspecified atom stereocenters. The van der Waals surface area contributed by atoms with E-state index in [0.29, 0.717) is 18.7 Å². The predicted molar refractivity (Wildman–Crippen MR) is 116 cm³/mol. The third-order valence-corrected chi connectivity index (χ3v) is 6.26. The summed E-state index contributed by atoms with van der Waals surface area (Å²) >= 11 is 3.46. The van der Waals surface area contributed by atoms with Crippen LogP contribution in [0, 0.1) is 5.92 Å². The van der Waals surface area contributed by atoms with E-state index in [9.17, 15) is 14.4 Å². The Morgan fingerprint density at radius 2 is 1.93 bits per heavy atom. The molecule has 2 fully saturated rings. The van der Waals surface area contributed by atoms with Crippen LogP contribution in [0.4, 0.5) is 11.4 Å². The lowest BCUT2D eigenvalue weighted by Gasteiger charge is -2.18. The molecule has 1 atom stereocenters. The third kappa shape index (κ3) is 4.56. The molecule has 2 N–H and O–H groups in total. The topological polar surface area (TPSA) is 96.3 Å². The molecule has 1 aromatic heterocycles. The molecule has 3 amide bonds. The minimum atomic E-state index is -0.744. The average Bonchev–Trinajstić information content (AvgIpc) is 3.45. The van der Waals surface area contributed by atoms with Crippen molar-refractivity contribution in [1.82, 2.24) is 15.1 Å². The smallest absolute Gasteiger partial charge is 0.241 e. The van der Waals surface area contributed by atoms with Crippen molar-refractivity contribution < 1.29 is 14.4 Å². The highest BCUT2D eigenvalue weighted by molar-refractivity contribution is 9.10. The maximum Gasteiger partial charge on any atom is 0.241 e. The highest BCUT2D eigenvalue weighted by atomic mass is 79.9. The number of halogens is 1. The van der Waals surface area contributed by atoms with Crippen LogP contribution in [0.25, 0.3) is 0 Å². The van der Waals surface area contributed by atoms with Crippen molar-refractivity contribution in [2.75, 3.05) is 16.8 Å². The SMILES string of the molecule is O=C(Cn1cc(NC(=O)C2CCN(c3ccccc3Br)C2=O)cn1)NC1CCCC1. The van der Waals surface area contributed by atoms with E-state index in [0.717, 1.165) is 35.8 Å². The van der Waals surface area contributed by atoms with E-state index >= 15 is 0 Å². The van der Waals surface area contributed by atoms with Crippen molar-refractivity contribution in [3.05, 3.63) is 41.1 Å². The number of nitrogens with zero attached hydrogens (tertiary/aromatic N) is 3. The standard InChI is InChI=1S/C21H24BrN5O3/c22-17-7-3-4-8-18(17)27-10-9-16(21(27)30)20(29)25-15-11-23-26(12-15)13-19(28)24-14-5-1-2-6-14/h3-4,7-8,11-12,14,16H,1-2,5-6,9-10,13H2,(H,24,28)(H,25,29). The van der Waals surface area contributed by atoms with Crippen LogP contribution < -0.4 is 15.5 Å². The van der Waals surface area contributed by atoms with Gasteiger partial charge in [0.2, 0.25) is 17.7 Å². The molecule has 2 heterocycles. The number of hydrogen-bond donors (Lipinski definition) is 2. The van der Waals surface area contributed by atoms with Crippen LogP contribution in [0.1, 0.15) is 32.1 Å². The van der Waals surface area contributed by atoms with Gasteiger partial charge in [0.25, 0.3) is 0 Å². The van der Waals surface area contributed by atoms with Gasteiger partial charge >= 0.3 is 0 Å².